The molecule has 3 aromatic carbocycles. The average Bonchev–Trinajstić information content (AvgIpc) is 3.44. The zero-order valence-corrected chi connectivity index (χ0v) is 25.4. The Morgan fingerprint density at radius 3 is 2.47 bits per heavy atom. The van der Waals surface area contributed by atoms with Gasteiger partial charge in [-0.2, -0.15) is 0 Å². The molecule has 0 bridgehead atoms. The van der Waals surface area contributed by atoms with E-state index in [0.29, 0.717) is 29.5 Å². The van der Waals surface area contributed by atoms with Crippen molar-refractivity contribution in [1.82, 2.24) is 14.9 Å². The lowest BCUT2D eigenvalue weighted by Gasteiger charge is -2.37. The maximum atomic E-state index is 15.5. The first kappa shape index (κ1) is 29.5. The second-order valence-electron chi connectivity index (χ2n) is 12.4. The number of halogens is 4. The number of benzene rings is 3. The van der Waals surface area contributed by atoms with Gasteiger partial charge >= 0.3 is 0 Å². The van der Waals surface area contributed by atoms with E-state index in [0.717, 1.165) is 56.1 Å². The van der Waals surface area contributed by atoms with Crippen LogP contribution in [0.1, 0.15) is 47.8 Å². The molecule has 0 radical (unpaired) electrons. The van der Waals surface area contributed by atoms with Crippen molar-refractivity contribution in [2.24, 2.45) is 0 Å². The molecular formula is C35H35F4N5O. The molecule has 1 aliphatic carbocycles. The van der Waals surface area contributed by atoms with Crippen molar-refractivity contribution in [3.63, 3.8) is 0 Å². The molecule has 0 amide bonds. The van der Waals surface area contributed by atoms with E-state index in [1.165, 1.54) is 18.2 Å². The van der Waals surface area contributed by atoms with Crippen molar-refractivity contribution < 1.29 is 22.3 Å². The zero-order valence-electron chi connectivity index (χ0n) is 25.4. The molecule has 1 saturated heterocycles. The molecule has 45 heavy (non-hydrogen) atoms. The third kappa shape index (κ3) is 5.72. The van der Waals surface area contributed by atoms with E-state index in [-0.39, 0.29) is 53.5 Å². The molecule has 1 fully saturated rings. The largest absolute Gasteiger partial charge is 0.486 e. The van der Waals surface area contributed by atoms with Gasteiger partial charge in [0.25, 0.3) is 0 Å². The highest BCUT2D eigenvalue weighted by molar-refractivity contribution is 5.73. The van der Waals surface area contributed by atoms with Gasteiger partial charge in [-0.1, -0.05) is 12.1 Å². The summed E-state index contributed by atoms with van der Waals surface area (Å²) in [4.78, 5) is 14.9. The van der Waals surface area contributed by atoms with Gasteiger partial charge < -0.3 is 19.4 Å². The van der Waals surface area contributed by atoms with Gasteiger partial charge in [0.2, 0.25) is 0 Å². The first-order valence-electron chi connectivity index (χ1n) is 15.5. The van der Waals surface area contributed by atoms with Gasteiger partial charge in [-0.3, -0.25) is 0 Å². The molecule has 4 aromatic rings. The first-order chi connectivity index (χ1) is 21.7. The van der Waals surface area contributed by atoms with Gasteiger partial charge in [0, 0.05) is 31.1 Å². The summed E-state index contributed by atoms with van der Waals surface area (Å²) in [5.41, 5.74) is 3.83. The maximum absolute atomic E-state index is 15.5. The summed E-state index contributed by atoms with van der Waals surface area (Å²) >= 11 is 0. The van der Waals surface area contributed by atoms with Crippen LogP contribution in [0.25, 0.3) is 11.3 Å². The number of fused-ring (bicyclic) bond motifs is 2. The number of piperidine rings is 1. The molecule has 234 valence electrons. The Morgan fingerprint density at radius 2 is 1.69 bits per heavy atom. The minimum atomic E-state index is -0.697. The summed E-state index contributed by atoms with van der Waals surface area (Å²) in [5.74, 6) is -1.58. The van der Waals surface area contributed by atoms with E-state index >= 15 is 13.2 Å². The standard InChI is InChI=1S/C35H35F4N5O/c1-42(2)25-9-11-43(12-10-25)31-7-3-21(15-27(31)37)16-33-40-20-29(39)34(41-33)23-17-28(38)35-32(18-23)44(13-14-45-35)30-8-5-22-4-6-24(36)19-26(22)30/h3-4,6-7,15,17-20,25,30H,5,8-14,16H2,1-2H3. The second-order valence-corrected chi connectivity index (χ2v) is 12.4. The molecule has 2 aliphatic heterocycles. The Kier molecular flexibility index (Phi) is 7.85. The number of hydrogen-bond acceptors (Lipinski definition) is 6. The number of nitrogens with zero attached hydrogens (tertiary/aromatic N) is 5. The monoisotopic (exact) mass is 617 g/mol. The van der Waals surface area contributed by atoms with E-state index in [9.17, 15) is 4.39 Å². The van der Waals surface area contributed by atoms with E-state index in [2.05, 4.69) is 33.9 Å². The number of ether oxygens (including phenoxy) is 1. The summed E-state index contributed by atoms with van der Waals surface area (Å²) in [6.45, 7) is 2.32. The third-order valence-corrected chi connectivity index (χ3v) is 9.42. The topological polar surface area (TPSA) is 44.7 Å². The molecule has 10 heteroatoms. The van der Waals surface area contributed by atoms with Crippen molar-refractivity contribution >= 4 is 11.4 Å². The minimum Gasteiger partial charge on any atom is -0.486 e. The van der Waals surface area contributed by atoms with Crippen LogP contribution in [-0.4, -0.2) is 61.2 Å². The lowest BCUT2D eigenvalue weighted by molar-refractivity contribution is 0.249. The van der Waals surface area contributed by atoms with Gasteiger partial charge in [0.15, 0.2) is 17.4 Å². The molecule has 7 rings (SSSR count). The molecule has 3 heterocycles. The number of anilines is 2. The molecule has 0 N–H and O–H groups in total. The fraction of sp³-hybridized carbons (Fsp3) is 0.371. The Hall–Kier alpha value is -4.18. The predicted molar refractivity (Wildman–Crippen MR) is 166 cm³/mol. The number of rotatable bonds is 6. The van der Waals surface area contributed by atoms with Crippen LogP contribution in [0.2, 0.25) is 0 Å². The lowest BCUT2D eigenvalue weighted by Crippen LogP contribution is -2.42. The van der Waals surface area contributed by atoms with Gasteiger partial charge in [-0.15, -0.1) is 0 Å². The summed E-state index contributed by atoms with van der Waals surface area (Å²) < 4.78 is 65.8. The van der Waals surface area contributed by atoms with Crippen LogP contribution in [0.4, 0.5) is 28.9 Å². The molecule has 0 saturated carbocycles. The van der Waals surface area contributed by atoms with Crippen LogP contribution in [0, 0.1) is 23.3 Å². The predicted octanol–water partition coefficient (Wildman–Crippen LogP) is 6.71. The highest BCUT2D eigenvalue weighted by Crippen LogP contribution is 2.45. The first-order valence-corrected chi connectivity index (χ1v) is 15.5. The molecule has 1 unspecified atom stereocenters. The fourth-order valence-corrected chi connectivity index (χ4v) is 7.05. The van der Waals surface area contributed by atoms with Crippen LogP contribution < -0.4 is 14.5 Å². The lowest BCUT2D eigenvalue weighted by atomic mass is 10.0. The average molecular weight is 618 g/mol. The van der Waals surface area contributed by atoms with Gasteiger partial charge in [-0.05, 0) is 92.9 Å². The maximum Gasteiger partial charge on any atom is 0.178 e. The molecular weight excluding hydrogens is 582 g/mol. The van der Waals surface area contributed by atoms with Crippen LogP contribution in [0.3, 0.4) is 0 Å². The Labute approximate surface area is 260 Å². The molecule has 0 spiro atoms. The number of hydrogen-bond donors (Lipinski definition) is 0. The molecule has 1 aromatic heterocycles. The summed E-state index contributed by atoms with van der Waals surface area (Å²) in [6.07, 6.45) is 4.73. The molecule has 6 nitrogen and oxygen atoms in total. The fourth-order valence-electron chi connectivity index (χ4n) is 7.05. The summed E-state index contributed by atoms with van der Waals surface area (Å²) in [5, 5.41) is 0. The number of aryl methyl sites for hydroxylation is 1. The molecule has 3 aliphatic rings. The smallest absolute Gasteiger partial charge is 0.178 e. The minimum absolute atomic E-state index is 0.0501. The van der Waals surface area contributed by atoms with Gasteiger partial charge in [0.1, 0.15) is 29.8 Å². The quantitative estimate of drug-likeness (QED) is 0.224. The summed E-state index contributed by atoms with van der Waals surface area (Å²) in [7, 11) is 4.14. The van der Waals surface area contributed by atoms with E-state index < -0.39 is 11.6 Å². The van der Waals surface area contributed by atoms with Gasteiger partial charge in [-0.25, -0.2) is 27.5 Å². The van der Waals surface area contributed by atoms with Crippen molar-refractivity contribution in [2.45, 2.75) is 44.2 Å². The Bertz CT molecular complexity index is 1740. The highest BCUT2D eigenvalue weighted by Gasteiger charge is 2.34. The van der Waals surface area contributed by atoms with Gasteiger partial charge in [0.05, 0.1) is 30.2 Å². The normalized spacial score (nSPS) is 18.2. The van der Waals surface area contributed by atoms with E-state index in [1.54, 1.807) is 24.3 Å². The van der Waals surface area contributed by atoms with Crippen molar-refractivity contribution in [3.8, 4) is 17.0 Å². The summed E-state index contributed by atoms with van der Waals surface area (Å²) in [6, 6.07) is 13.1. The highest BCUT2D eigenvalue weighted by atomic mass is 19.1. The Balaban J connectivity index is 1.15. The molecule has 1 atom stereocenters. The van der Waals surface area contributed by atoms with E-state index in [1.807, 2.05) is 11.0 Å². The van der Waals surface area contributed by atoms with Crippen LogP contribution >= 0.6 is 0 Å². The van der Waals surface area contributed by atoms with Crippen molar-refractivity contribution in [1.29, 1.82) is 0 Å². The Morgan fingerprint density at radius 1 is 0.867 bits per heavy atom. The van der Waals surface area contributed by atoms with Crippen LogP contribution in [-0.2, 0) is 12.8 Å². The van der Waals surface area contributed by atoms with E-state index in [4.69, 9.17) is 4.74 Å². The SMILES string of the molecule is CN(C)C1CCN(c2ccc(Cc3ncc(F)c(-c4cc(F)c5c(c4)N(C4CCc6ccc(F)cc64)CCO5)n3)cc2F)CC1. The third-order valence-electron chi connectivity index (χ3n) is 9.42. The second kappa shape index (κ2) is 12.0. The van der Waals surface area contributed by atoms with Crippen LogP contribution in [0.5, 0.6) is 5.75 Å². The number of aromatic nitrogens is 2. The van der Waals surface area contributed by atoms with Crippen molar-refractivity contribution in [2.75, 3.05) is 50.1 Å². The zero-order chi connectivity index (χ0) is 31.2. The van der Waals surface area contributed by atoms with Crippen molar-refractivity contribution in [3.05, 3.63) is 101 Å². The van der Waals surface area contributed by atoms with Crippen LogP contribution in [0.15, 0.2) is 54.7 Å².